The number of hydrogen-bond acceptors (Lipinski definition) is 2. The zero-order valence-electron chi connectivity index (χ0n) is 11.2. The molecule has 2 atom stereocenters. The molecule has 0 fully saturated rings. The molecular formula is C16H16F2N2. The lowest BCUT2D eigenvalue weighted by atomic mass is 9.93. The van der Waals surface area contributed by atoms with Gasteiger partial charge in [-0.3, -0.25) is 0 Å². The number of halogens is 2. The summed E-state index contributed by atoms with van der Waals surface area (Å²) in [6.07, 6.45) is 0.841. The van der Waals surface area contributed by atoms with Gasteiger partial charge in [-0.25, -0.2) is 8.78 Å². The topological polar surface area (TPSA) is 24.1 Å². The minimum atomic E-state index is -0.263. The molecule has 0 amide bonds. The van der Waals surface area contributed by atoms with Crippen molar-refractivity contribution in [3.8, 4) is 0 Å². The second kappa shape index (κ2) is 5.12. The summed E-state index contributed by atoms with van der Waals surface area (Å²) in [5, 5.41) is 6.69. The Labute approximate surface area is 116 Å². The van der Waals surface area contributed by atoms with Crippen molar-refractivity contribution in [1.29, 1.82) is 0 Å². The molecule has 2 N–H and O–H groups in total. The van der Waals surface area contributed by atoms with Crippen LogP contribution in [0.1, 0.15) is 24.9 Å². The average molecular weight is 274 g/mol. The van der Waals surface area contributed by atoms with Crippen LogP contribution < -0.4 is 10.6 Å². The summed E-state index contributed by atoms with van der Waals surface area (Å²) in [5.74, 6) is -0.508. The maximum Gasteiger partial charge on any atom is 0.123 e. The Bertz CT molecular complexity index is 610. The first-order chi connectivity index (χ1) is 9.61. The summed E-state index contributed by atoms with van der Waals surface area (Å²) in [7, 11) is 0. The molecule has 0 saturated heterocycles. The van der Waals surface area contributed by atoms with Gasteiger partial charge in [0.25, 0.3) is 0 Å². The summed E-state index contributed by atoms with van der Waals surface area (Å²) in [6, 6.07) is 11.3. The van der Waals surface area contributed by atoms with Crippen LogP contribution in [0.4, 0.5) is 20.2 Å². The zero-order valence-corrected chi connectivity index (χ0v) is 11.2. The summed E-state index contributed by atoms with van der Waals surface area (Å²) in [5.41, 5.74) is 2.69. The third kappa shape index (κ3) is 2.59. The molecule has 0 unspecified atom stereocenters. The number of hydrogen-bond donors (Lipinski definition) is 2. The van der Waals surface area contributed by atoms with Gasteiger partial charge in [0.15, 0.2) is 0 Å². The second-order valence-electron chi connectivity index (χ2n) is 5.22. The molecule has 0 aromatic heterocycles. The average Bonchev–Trinajstić information content (AvgIpc) is 2.42. The molecule has 0 radical (unpaired) electrons. The lowest BCUT2D eigenvalue weighted by Crippen LogP contribution is -2.29. The fourth-order valence-electron chi connectivity index (χ4n) is 2.64. The molecule has 0 aliphatic carbocycles. The van der Waals surface area contributed by atoms with Crippen LogP contribution in [-0.4, -0.2) is 6.04 Å². The second-order valence-corrected chi connectivity index (χ2v) is 5.22. The predicted octanol–water partition coefficient (Wildman–Crippen LogP) is 4.32. The van der Waals surface area contributed by atoms with Crippen LogP contribution in [0.25, 0.3) is 0 Å². The van der Waals surface area contributed by atoms with E-state index in [1.165, 1.54) is 18.2 Å². The molecule has 1 aliphatic rings. The van der Waals surface area contributed by atoms with Crippen molar-refractivity contribution in [2.75, 3.05) is 10.6 Å². The Morgan fingerprint density at radius 1 is 1.05 bits per heavy atom. The predicted molar refractivity (Wildman–Crippen MR) is 76.9 cm³/mol. The number of nitrogens with one attached hydrogen (secondary N) is 2. The van der Waals surface area contributed by atoms with Crippen molar-refractivity contribution in [2.45, 2.75) is 25.4 Å². The van der Waals surface area contributed by atoms with E-state index in [4.69, 9.17) is 0 Å². The maximum atomic E-state index is 13.5. The van der Waals surface area contributed by atoms with Crippen LogP contribution in [0.15, 0.2) is 42.5 Å². The molecule has 2 nitrogen and oxygen atoms in total. The van der Waals surface area contributed by atoms with Crippen molar-refractivity contribution in [3.05, 3.63) is 59.7 Å². The highest BCUT2D eigenvalue weighted by Gasteiger charge is 2.24. The molecule has 0 bridgehead atoms. The molecule has 2 aromatic rings. The molecule has 3 rings (SSSR count). The normalized spacial score (nSPS) is 20.9. The van der Waals surface area contributed by atoms with Crippen LogP contribution >= 0.6 is 0 Å². The van der Waals surface area contributed by atoms with Crippen LogP contribution in [0.2, 0.25) is 0 Å². The summed E-state index contributed by atoms with van der Waals surface area (Å²) in [4.78, 5) is 0. The van der Waals surface area contributed by atoms with E-state index in [9.17, 15) is 8.78 Å². The van der Waals surface area contributed by atoms with Gasteiger partial charge in [0.1, 0.15) is 11.6 Å². The Morgan fingerprint density at radius 2 is 1.75 bits per heavy atom. The molecule has 1 aliphatic heterocycles. The monoisotopic (exact) mass is 274 g/mol. The van der Waals surface area contributed by atoms with E-state index >= 15 is 0 Å². The van der Waals surface area contributed by atoms with Gasteiger partial charge in [-0.05, 0) is 55.8 Å². The lowest BCUT2D eigenvalue weighted by Gasteiger charge is -2.32. The minimum Gasteiger partial charge on any atom is -0.382 e. The van der Waals surface area contributed by atoms with E-state index in [-0.39, 0.29) is 17.7 Å². The molecule has 0 saturated carbocycles. The smallest absolute Gasteiger partial charge is 0.123 e. The van der Waals surface area contributed by atoms with E-state index in [0.717, 1.165) is 23.4 Å². The van der Waals surface area contributed by atoms with Gasteiger partial charge in [-0.1, -0.05) is 0 Å². The number of benzene rings is 2. The Balaban J connectivity index is 1.90. The number of anilines is 2. The van der Waals surface area contributed by atoms with E-state index in [1.54, 1.807) is 24.3 Å². The van der Waals surface area contributed by atoms with Crippen molar-refractivity contribution >= 4 is 11.4 Å². The highest BCUT2D eigenvalue weighted by atomic mass is 19.1. The minimum absolute atomic E-state index is 0.0161. The van der Waals surface area contributed by atoms with Gasteiger partial charge in [-0.15, -0.1) is 0 Å². The fourth-order valence-corrected chi connectivity index (χ4v) is 2.64. The number of rotatable bonds is 2. The molecule has 1 heterocycles. The first kappa shape index (κ1) is 12.9. The van der Waals surface area contributed by atoms with E-state index < -0.39 is 0 Å². The largest absolute Gasteiger partial charge is 0.382 e. The standard InChI is InChI=1S/C16H16F2N2/c1-10-8-16(20-13-5-2-11(17)3-6-13)14-9-12(18)4-7-15(14)19-10/h2-7,9-10,16,19-20H,8H2,1H3/t10-,16+/m1/s1. The molecule has 0 spiro atoms. The van der Waals surface area contributed by atoms with Gasteiger partial charge in [0.2, 0.25) is 0 Å². The molecule has 20 heavy (non-hydrogen) atoms. The Hall–Kier alpha value is -2.10. The molecular weight excluding hydrogens is 258 g/mol. The first-order valence-electron chi connectivity index (χ1n) is 6.70. The molecule has 4 heteroatoms. The third-order valence-corrected chi connectivity index (χ3v) is 3.57. The first-order valence-corrected chi connectivity index (χ1v) is 6.70. The fraction of sp³-hybridized carbons (Fsp3) is 0.250. The van der Waals surface area contributed by atoms with Crippen molar-refractivity contribution in [1.82, 2.24) is 0 Å². The van der Waals surface area contributed by atoms with Crippen LogP contribution in [-0.2, 0) is 0 Å². The van der Waals surface area contributed by atoms with E-state index in [1.807, 2.05) is 0 Å². The Kier molecular flexibility index (Phi) is 3.30. The lowest BCUT2D eigenvalue weighted by molar-refractivity contribution is 0.583. The van der Waals surface area contributed by atoms with Crippen molar-refractivity contribution in [2.24, 2.45) is 0 Å². The summed E-state index contributed by atoms with van der Waals surface area (Å²) < 4.78 is 26.4. The van der Waals surface area contributed by atoms with Gasteiger partial charge >= 0.3 is 0 Å². The maximum absolute atomic E-state index is 13.5. The summed E-state index contributed by atoms with van der Waals surface area (Å²) >= 11 is 0. The van der Waals surface area contributed by atoms with Gasteiger partial charge in [-0.2, -0.15) is 0 Å². The van der Waals surface area contributed by atoms with Gasteiger partial charge in [0.05, 0.1) is 6.04 Å². The van der Waals surface area contributed by atoms with E-state index in [0.29, 0.717) is 6.04 Å². The molecule has 2 aromatic carbocycles. The quantitative estimate of drug-likeness (QED) is 0.852. The zero-order chi connectivity index (χ0) is 14.1. The van der Waals surface area contributed by atoms with Crippen LogP contribution in [0.5, 0.6) is 0 Å². The van der Waals surface area contributed by atoms with Crippen molar-refractivity contribution in [3.63, 3.8) is 0 Å². The highest BCUT2D eigenvalue weighted by Crippen LogP contribution is 2.35. The third-order valence-electron chi connectivity index (χ3n) is 3.57. The number of fused-ring (bicyclic) bond motifs is 1. The van der Waals surface area contributed by atoms with Crippen molar-refractivity contribution < 1.29 is 8.78 Å². The highest BCUT2D eigenvalue weighted by molar-refractivity contribution is 5.58. The molecule has 104 valence electrons. The van der Waals surface area contributed by atoms with Gasteiger partial charge < -0.3 is 10.6 Å². The van der Waals surface area contributed by atoms with Crippen LogP contribution in [0, 0.1) is 11.6 Å². The van der Waals surface area contributed by atoms with E-state index in [2.05, 4.69) is 17.6 Å². The van der Waals surface area contributed by atoms with Crippen LogP contribution in [0.3, 0.4) is 0 Å². The Morgan fingerprint density at radius 3 is 2.50 bits per heavy atom. The SMILES string of the molecule is C[C@@H]1C[C@H](Nc2ccc(F)cc2)c2cc(F)ccc2N1. The van der Waals surface area contributed by atoms with Gasteiger partial charge in [0, 0.05) is 23.0 Å². The summed E-state index contributed by atoms with van der Waals surface area (Å²) in [6.45, 7) is 2.09.